The van der Waals surface area contributed by atoms with Crippen molar-refractivity contribution < 1.29 is 9.18 Å². The molecular formula is C15H15ClFN3O. The Morgan fingerprint density at radius 2 is 2.10 bits per heavy atom. The van der Waals surface area contributed by atoms with Gasteiger partial charge >= 0.3 is 0 Å². The standard InChI is InChI=1S/C15H15ClFN3O/c1-20(2)9-10-3-5-13(12(17)7-10)19-15(21)14-6-4-11(16)8-18-14/h3-8H,9H2,1-2H3,(H,19,21). The third kappa shape index (κ3) is 4.24. The zero-order valence-electron chi connectivity index (χ0n) is 11.7. The Labute approximate surface area is 127 Å². The van der Waals surface area contributed by atoms with Gasteiger partial charge in [0.05, 0.1) is 10.7 Å². The van der Waals surface area contributed by atoms with Gasteiger partial charge in [0.2, 0.25) is 0 Å². The molecule has 2 rings (SSSR count). The maximum atomic E-state index is 14.0. The van der Waals surface area contributed by atoms with Crippen molar-refractivity contribution >= 4 is 23.2 Å². The molecule has 110 valence electrons. The van der Waals surface area contributed by atoms with Gasteiger partial charge in [0.1, 0.15) is 11.5 Å². The van der Waals surface area contributed by atoms with Gasteiger partial charge in [0, 0.05) is 12.7 Å². The number of nitrogens with one attached hydrogen (secondary N) is 1. The lowest BCUT2D eigenvalue weighted by Gasteiger charge is -2.11. The first-order chi connectivity index (χ1) is 9.95. The third-order valence-electron chi connectivity index (χ3n) is 2.74. The minimum absolute atomic E-state index is 0.124. The van der Waals surface area contributed by atoms with Crippen molar-refractivity contribution in [3.63, 3.8) is 0 Å². The molecule has 1 heterocycles. The molecule has 0 bridgehead atoms. The van der Waals surface area contributed by atoms with Gasteiger partial charge in [-0.25, -0.2) is 9.37 Å². The molecule has 0 saturated carbocycles. The van der Waals surface area contributed by atoms with E-state index in [0.717, 1.165) is 5.56 Å². The Bertz CT molecular complexity index is 644. The maximum Gasteiger partial charge on any atom is 0.274 e. The van der Waals surface area contributed by atoms with E-state index < -0.39 is 11.7 Å². The van der Waals surface area contributed by atoms with E-state index in [-0.39, 0.29) is 11.4 Å². The zero-order valence-corrected chi connectivity index (χ0v) is 12.5. The number of hydrogen-bond donors (Lipinski definition) is 1. The largest absolute Gasteiger partial charge is 0.318 e. The summed E-state index contributed by atoms with van der Waals surface area (Å²) >= 11 is 5.70. The minimum atomic E-state index is -0.481. The molecule has 6 heteroatoms. The van der Waals surface area contributed by atoms with E-state index in [0.29, 0.717) is 11.6 Å². The molecule has 21 heavy (non-hydrogen) atoms. The number of aromatic nitrogens is 1. The van der Waals surface area contributed by atoms with E-state index in [1.165, 1.54) is 18.3 Å². The highest BCUT2D eigenvalue weighted by Crippen LogP contribution is 2.17. The fourth-order valence-corrected chi connectivity index (χ4v) is 1.93. The van der Waals surface area contributed by atoms with Crippen molar-refractivity contribution in [3.8, 4) is 0 Å². The molecule has 0 atom stereocenters. The van der Waals surface area contributed by atoms with Crippen LogP contribution in [-0.4, -0.2) is 29.9 Å². The van der Waals surface area contributed by atoms with E-state index in [9.17, 15) is 9.18 Å². The second-order valence-electron chi connectivity index (χ2n) is 4.87. The second-order valence-corrected chi connectivity index (χ2v) is 5.30. The summed E-state index contributed by atoms with van der Waals surface area (Å²) in [6.07, 6.45) is 1.37. The van der Waals surface area contributed by atoms with Crippen molar-refractivity contribution in [3.05, 3.63) is 58.6 Å². The SMILES string of the molecule is CN(C)Cc1ccc(NC(=O)c2ccc(Cl)cn2)c(F)c1. The summed E-state index contributed by atoms with van der Waals surface area (Å²) in [6, 6.07) is 7.76. The smallest absolute Gasteiger partial charge is 0.274 e. The van der Waals surface area contributed by atoms with Gasteiger partial charge in [-0.15, -0.1) is 0 Å². The molecule has 0 spiro atoms. The van der Waals surface area contributed by atoms with Gasteiger partial charge in [-0.3, -0.25) is 4.79 Å². The normalized spacial score (nSPS) is 10.7. The van der Waals surface area contributed by atoms with Crippen LogP contribution < -0.4 is 5.32 Å². The van der Waals surface area contributed by atoms with Crippen molar-refractivity contribution in [1.29, 1.82) is 0 Å². The highest BCUT2D eigenvalue weighted by atomic mass is 35.5. The third-order valence-corrected chi connectivity index (χ3v) is 2.96. The molecular weight excluding hydrogens is 293 g/mol. The van der Waals surface area contributed by atoms with E-state index in [2.05, 4.69) is 10.3 Å². The summed E-state index contributed by atoms with van der Waals surface area (Å²) in [7, 11) is 3.81. The van der Waals surface area contributed by atoms with Crippen LogP contribution in [0.15, 0.2) is 36.5 Å². The van der Waals surface area contributed by atoms with Gasteiger partial charge in [-0.2, -0.15) is 0 Å². The first-order valence-corrected chi connectivity index (χ1v) is 6.69. The number of carbonyl (C=O) groups excluding carboxylic acids is 1. The van der Waals surface area contributed by atoms with Gasteiger partial charge in [-0.05, 0) is 43.9 Å². The fourth-order valence-electron chi connectivity index (χ4n) is 1.82. The van der Waals surface area contributed by atoms with E-state index >= 15 is 0 Å². The maximum absolute atomic E-state index is 14.0. The average molecular weight is 308 g/mol. The van der Waals surface area contributed by atoms with Crippen molar-refractivity contribution in [1.82, 2.24) is 9.88 Å². The van der Waals surface area contributed by atoms with E-state index in [4.69, 9.17) is 11.6 Å². The number of nitrogens with zero attached hydrogens (tertiary/aromatic N) is 2. The van der Waals surface area contributed by atoms with E-state index in [1.807, 2.05) is 19.0 Å². The van der Waals surface area contributed by atoms with Crippen LogP contribution in [0.1, 0.15) is 16.1 Å². The predicted octanol–water partition coefficient (Wildman–Crippen LogP) is 3.19. The summed E-state index contributed by atoms with van der Waals surface area (Å²) < 4.78 is 14.0. The Morgan fingerprint density at radius 3 is 2.67 bits per heavy atom. The Kier molecular flexibility index (Phi) is 4.88. The number of pyridine rings is 1. The number of anilines is 1. The summed E-state index contributed by atoms with van der Waals surface area (Å²) in [5, 5.41) is 2.93. The van der Waals surface area contributed by atoms with Crippen LogP contribution in [0, 0.1) is 5.82 Å². The average Bonchev–Trinajstić information content (AvgIpc) is 2.42. The highest BCUT2D eigenvalue weighted by Gasteiger charge is 2.11. The first kappa shape index (κ1) is 15.4. The number of amides is 1. The lowest BCUT2D eigenvalue weighted by atomic mass is 10.2. The molecule has 0 aliphatic heterocycles. The summed E-state index contributed by atoms with van der Waals surface area (Å²) in [6.45, 7) is 0.629. The molecule has 1 aromatic carbocycles. The number of hydrogen-bond acceptors (Lipinski definition) is 3. The van der Waals surface area contributed by atoms with Crippen molar-refractivity contribution in [2.75, 3.05) is 19.4 Å². The molecule has 4 nitrogen and oxygen atoms in total. The molecule has 0 saturated heterocycles. The quantitative estimate of drug-likeness (QED) is 0.943. The summed E-state index contributed by atoms with van der Waals surface area (Å²) in [4.78, 5) is 17.8. The topological polar surface area (TPSA) is 45.2 Å². The monoisotopic (exact) mass is 307 g/mol. The molecule has 0 aliphatic carbocycles. The second kappa shape index (κ2) is 6.65. The van der Waals surface area contributed by atoms with Gasteiger partial charge in [0.25, 0.3) is 5.91 Å². The van der Waals surface area contributed by atoms with Gasteiger partial charge in [0.15, 0.2) is 0 Å². The molecule has 1 N–H and O–H groups in total. The lowest BCUT2D eigenvalue weighted by Crippen LogP contribution is -2.15. The first-order valence-electron chi connectivity index (χ1n) is 6.32. The Morgan fingerprint density at radius 1 is 1.33 bits per heavy atom. The van der Waals surface area contributed by atoms with Crippen LogP contribution in [0.2, 0.25) is 5.02 Å². The molecule has 0 unspecified atom stereocenters. The summed E-state index contributed by atoms with van der Waals surface area (Å²) in [5.41, 5.74) is 1.13. The minimum Gasteiger partial charge on any atom is -0.318 e. The molecule has 0 radical (unpaired) electrons. The van der Waals surface area contributed by atoms with Crippen LogP contribution in [0.4, 0.5) is 10.1 Å². The van der Waals surface area contributed by atoms with Crippen molar-refractivity contribution in [2.45, 2.75) is 6.54 Å². The summed E-state index contributed by atoms with van der Waals surface area (Å²) in [5.74, 6) is -0.956. The number of benzene rings is 1. The molecule has 0 aliphatic rings. The number of halogens is 2. The molecule has 1 aromatic heterocycles. The number of rotatable bonds is 4. The van der Waals surface area contributed by atoms with Gasteiger partial charge in [-0.1, -0.05) is 17.7 Å². The molecule has 1 amide bonds. The zero-order chi connectivity index (χ0) is 15.4. The highest BCUT2D eigenvalue weighted by molar-refractivity contribution is 6.30. The van der Waals surface area contributed by atoms with E-state index in [1.54, 1.807) is 18.2 Å². The predicted molar refractivity (Wildman–Crippen MR) is 81.0 cm³/mol. The Balaban J connectivity index is 2.12. The van der Waals surface area contributed by atoms with Gasteiger partial charge < -0.3 is 10.2 Å². The van der Waals surface area contributed by atoms with Crippen molar-refractivity contribution in [2.24, 2.45) is 0 Å². The molecule has 2 aromatic rings. The van der Waals surface area contributed by atoms with Crippen LogP contribution in [0.25, 0.3) is 0 Å². The Hall–Kier alpha value is -1.98. The number of carbonyl (C=O) groups is 1. The van der Waals surface area contributed by atoms with Crippen LogP contribution in [-0.2, 0) is 6.54 Å². The fraction of sp³-hybridized carbons (Fsp3) is 0.200. The van der Waals surface area contributed by atoms with Crippen LogP contribution in [0.3, 0.4) is 0 Å². The van der Waals surface area contributed by atoms with Crippen LogP contribution in [0.5, 0.6) is 0 Å². The lowest BCUT2D eigenvalue weighted by molar-refractivity contribution is 0.102. The molecule has 0 fully saturated rings. The van der Waals surface area contributed by atoms with Crippen LogP contribution >= 0.6 is 11.6 Å².